The van der Waals surface area contributed by atoms with Crippen LogP contribution in [0.25, 0.3) is 11.0 Å². The third-order valence-electron chi connectivity index (χ3n) is 4.39. The van der Waals surface area contributed by atoms with Crippen LogP contribution in [-0.2, 0) is 6.42 Å². The first kappa shape index (κ1) is 18.9. The average Bonchev–Trinajstić information content (AvgIpc) is 3.12. The van der Waals surface area contributed by atoms with Crippen LogP contribution < -0.4 is 10.6 Å². The molecule has 0 saturated carbocycles. The molecule has 2 aromatic carbocycles. The molecular weight excluding hydrogens is 390 g/mol. The molecule has 0 radical (unpaired) electrons. The molecule has 0 aliphatic carbocycles. The normalized spacial score (nSPS) is 10.8. The van der Waals surface area contributed by atoms with Crippen molar-refractivity contribution in [3.8, 4) is 0 Å². The van der Waals surface area contributed by atoms with Crippen LogP contribution in [0.5, 0.6) is 0 Å². The zero-order valence-corrected chi connectivity index (χ0v) is 16.4. The molecule has 4 aromatic rings. The highest BCUT2D eigenvalue weighted by Crippen LogP contribution is 2.32. The third-order valence-corrected chi connectivity index (χ3v) is 4.71. The van der Waals surface area contributed by atoms with Crippen LogP contribution in [-0.4, -0.2) is 21.0 Å². The summed E-state index contributed by atoms with van der Waals surface area (Å²) < 4.78 is 5.47. The average molecular weight is 408 g/mol. The molecule has 1 amide bonds. The second-order valence-corrected chi connectivity index (χ2v) is 6.89. The van der Waals surface area contributed by atoms with Gasteiger partial charge in [0.2, 0.25) is 0 Å². The molecule has 0 bridgehead atoms. The Labute approximate surface area is 172 Å². The lowest BCUT2D eigenvalue weighted by Gasteiger charge is -2.07. The van der Waals surface area contributed by atoms with Crippen molar-refractivity contribution in [2.45, 2.75) is 19.8 Å². The maximum absolute atomic E-state index is 12.8. The minimum absolute atomic E-state index is 0.201. The molecule has 2 heterocycles. The molecular formula is C21H18ClN5O2. The summed E-state index contributed by atoms with van der Waals surface area (Å²) in [6.45, 7) is 2.15. The number of carbonyl (C=O) groups is 1. The van der Waals surface area contributed by atoms with Crippen LogP contribution in [0.15, 0.2) is 59.6 Å². The van der Waals surface area contributed by atoms with Crippen molar-refractivity contribution in [3.05, 3.63) is 71.3 Å². The van der Waals surface area contributed by atoms with E-state index in [4.69, 9.17) is 16.1 Å². The summed E-state index contributed by atoms with van der Waals surface area (Å²) in [6, 6.07) is 11.5. The lowest BCUT2D eigenvalue weighted by molar-refractivity contribution is 0.102. The molecule has 8 heteroatoms. The van der Waals surface area contributed by atoms with E-state index in [0.29, 0.717) is 22.5 Å². The van der Waals surface area contributed by atoms with E-state index >= 15 is 0 Å². The first-order chi connectivity index (χ1) is 14.2. The van der Waals surface area contributed by atoms with Crippen LogP contribution in [0.4, 0.5) is 17.2 Å². The number of nitrogens with one attached hydrogen (secondary N) is 2. The van der Waals surface area contributed by atoms with Crippen molar-refractivity contribution in [3.63, 3.8) is 0 Å². The molecule has 0 fully saturated rings. The molecule has 7 nitrogen and oxygen atoms in total. The Morgan fingerprint density at radius 1 is 1.07 bits per heavy atom. The number of aryl methyl sites for hydroxylation is 1. The summed E-state index contributed by atoms with van der Waals surface area (Å²) in [6.07, 6.45) is 6.51. The number of amides is 1. The minimum Gasteiger partial charge on any atom is -0.353 e. The van der Waals surface area contributed by atoms with E-state index in [0.717, 1.165) is 18.5 Å². The first-order valence-electron chi connectivity index (χ1n) is 9.16. The molecule has 0 spiro atoms. The molecule has 2 aromatic heterocycles. The van der Waals surface area contributed by atoms with E-state index in [-0.39, 0.29) is 10.6 Å². The molecule has 0 saturated heterocycles. The first-order valence-corrected chi connectivity index (χ1v) is 9.53. The Bertz CT molecular complexity index is 1140. The SMILES string of the molecule is CCCc1ccc(Nc2noc3c(C(=O)Nc4cncnc4)c(Cl)ccc23)cc1. The fraction of sp³-hybridized carbons (Fsp3) is 0.143. The molecule has 0 atom stereocenters. The van der Waals surface area contributed by atoms with E-state index in [9.17, 15) is 4.79 Å². The van der Waals surface area contributed by atoms with E-state index in [2.05, 4.69) is 44.8 Å². The van der Waals surface area contributed by atoms with Crippen molar-refractivity contribution in [1.82, 2.24) is 15.1 Å². The smallest absolute Gasteiger partial charge is 0.261 e. The fourth-order valence-corrected chi connectivity index (χ4v) is 3.25. The summed E-state index contributed by atoms with van der Waals surface area (Å²) in [5.41, 5.74) is 3.11. The number of carbonyl (C=O) groups excluding carboxylic acids is 1. The lowest BCUT2D eigenvalue weighted by Crippen LogP contribution is -2.13. The van der Waals surface area contributed by atoms with Crippen molar-refractivity contribution in [1.29, 1.82) is 0 Å². The van der Waals surface area contributed by atoms with Crippen molar-refractivity contribution >= 4 is 45.7 Å². The van der Waals surface area contributed by atoms with Crippen molar-refractivity contribution in [2.75, 3.05) is 10.6 Å². The van der Waals surface area contributed by atoms with Gasteiger partial charge < -0.3 is 15.2 Å². The number of hydrogen-bond acceptors (Lipinski definition) is 6. The van der Waals surface area contributed by atoms with E-state index in [1.54, 1.807) is 12.1 Å². The molecule has 4 rings (SSSR count). The summed E-state index contributed by atoms with van der Waals surface area (Å²) >= 11 is 6.28. The summed E-state index contributed by atoms with van der Waals surface area (Å²) in [5.74, 6) is 0.0824. The molecule has 0 aliphatic rings. The zero-order valence-electron chi connectivity index (χ0n) is 15.6. The lowest BCUT2D eigenvalue weighted by atomic mass is 10.1. The molecule has 146 valence electrons. The number of hydrogen-bond donors (Lipinski definition) is 2. The Hall–Kier alpha value is -3.45. The van der Waals surface area contributed by atoms with Crippen LogP contribution in [0.2, 0.25) is 5.02 Å². The maximum atomic E-state index is 12.8. The maximum Gasteiger partial charge on any atom is 0.261 e. The number of nitrogens with zero attached hydrogens (tertiary/aromatic N) is 3. The molecule has 0 aliphatic heterocycles. The Balaban J connectivity index is 1.63. The predicted octanol–water partition coefficient (Wildman–Crippen LogP) is 5.22. The molecule has 0 unspecified atom stereocenters. The predicted molar refractivity (Wildman–Crippen MR) is 113 cm³/mol. The zero-order chi connectivity index (χ0) is 20.2. The van der Waals surface area contributed by atoms with Gasteiger partial charge in [-0.25, -0.2) is 9.97 Å². The Morgan fingerprint density at radius 2 is 1.83 bits per heavy atom. The number of aromatic nitrogens is 3. The van der Waals surface area contributed by atoms with Gasteiger partial charge in [-0.15, -0.1) is 0 Å². The fourth-order valence-electron chi connectivity index (χ4n) is 3.02. The van der Waals surface area contributed by atoms with Crippen molar-refractivity contribution in [2.24, 2.45) is 0 Å². The van der Waals surface area contributed by atoms with Crippen LogP contribution >= 0.6 is 11.6 Å². The van der Waals surface area contributed by atoms with Gasteiger partial charge in [-0.1, -0.05) is 42.2 Å². The van der Waals surface area contributed by atoms with Crippen molar-refractivity contribution < 1.29 is 9.32 Å². The van der Waals surface area contributed by atoms with Gasteiger partial charge in [-0.05, 0) is 36.2 Å². The minimum atomic E-state index is -0.429. The van der Waals surface area contributed by atoms with Gasteiger partial charge in [0.05, 0.1) is 28.5 Å². The monoisotopic (exact) mass is 407 g/mol. The number of halogens is 1. The van der Waals surface area contributed by atoms with Gasteiger partial charge >= 0.3 is 0 Å². The van der Waals surface area contributed by atoms with Crippen LogP contribution in [0.3, 0.4) is 0 Å². The van der Waals surface area contributed by atoms with E-state index in [1.165, 1.54) is 24.3 Å². The number of fused-ring (bicyclic) bond motifs is 1. The van der Waals surface area contributed by atoms with Gasteiger partial charge in [0, 0.05) is 5.69 Å². The van der Waals surface area contributed by atoms with Gasteiger partial charge in [-0.3, -0.25) is 4.79 Å². The Kier molecular flexibility index (Phi) is 5.39. The van der Waals surface area contributed by atoms with E-state index < -0.39 is 5.91 Å². The topological polar surface area (TPSA) is 92.9 Å². The number of rotatable bonds is 6. The van der Waals surface area contributed by atoms with Gasteiger partial charge in [0.1, 0.15) is 11.9 Å². The van der Waals surface area contributed by atoms with Crippen LogP contribution in [0.1, 0.15) is 29.3 Å². The van der Waals surface area contributed by atoms with Gasteiger partial charge in [-0.2, -0.15) is 0 Å². The van der Waals surface area contributed by atoms with Gasteiger partial charge in [0.15, 0.2) is 11.4 Å². The highest BCUT2D eigenvalue weighted by molar-refractivity contribution is 6.36. The van der Waals surface area contributed by atoms with Crippen LogP contribution in [0, 0.1) is 0 Å². The van der Waals surface area contributed by atoms with E-state index in [1.807, 2.05) is 12.1 Å². The summed E-state index contributed by atoms with van der Waals surface area (Å²) in [7, 11) is 0. The van der Waals surface area contributed by atoms with Gasteiger partial charge in [0.25, 0.3) is 5.91 Å². The standard InChI is InChI=1S/C21H18ClN5O2/c1-2-3-13-4-6-14(7-5-13)25-20-16-8-9-17(22)18(19(16)29-27-20)21(28)26-15-10-23-12-24-11-15/h4-12H,2-3H2,1H3,(H,25,27)(H,26,28). The molecule has 29 heavy (non-hydrogen) atoms. The second kappa shape index (κ2) is 8.28. The quantitative estimate of drug-likeness (QED) is 0.455. The second-order valence-electron chi connectivity index (χ2n) is 6.48. The molecule has 2 N–H and O–H groups in total. The number of anilines is 3. The third kappa shape index (κ3) is 4.05. The largest absolute Gasteiger partial charge is 0.353 e. The highest BCUT2D eigenvalue weighted by atomic mass is 35.5. The summed E-state index contributed by atoms with van der Waals surface area (Å²) in [4.78, 5) is 20.5. The summed E-state index contributed by atoms with van der Waals surface area (Å²) in [5, 5.41) is 11.0. The number of benzene rings is 2. The highest BCUT2D eigenvalue weighted by Gasteiger charge is 2.21. The Morgan fingerprint density at radius 3 is 2.55 bits per heavy atom.